The summed E-state index contributed by atoms with van der Waals surface area (Å²) < 4.78 is 5.45. The molecule has 2 unspecified atom stereocenters. The summed E-state index contributed by atoms with van der Waals surface area (Å²) in [6, 6.07) is 0.175. The number of hydrogen-bond acceptors (Lipinski definition) is 6. The van der Waals surface area contributed by atoms with E-state index in [2.05, 4.69) is 16.8 Å². The van der Waals surface area contributed by atoms with E-state index in [9.17, 15) is 5.11 Å². The van der Waals surface area contributed by atoms with Crippen molar-refractivity contribution in [1.29, 1.82) is 0 Å². The van der Waals surface area contributed by atoms with Gasteiger partial charge in [0.1, 0.15) is 6.61 Å². The Morgan fingerprint density at radius 3 is 2.94 bits per heavy atom. The summed E-state index contributed by atoms with van der Waals surface area (Å²) in [6.07, 6.45) is 0.430. The SMILES string of the molecule is C=C(OCC1CC(O)CN1)N(C)CCOO. The number of likely N-dealkylation sites (N-methyl/N-ethyl adjacent to an activating group) is 1. The van der Waals surface area contributed by atoms with Crippen LogP contribution in [0.5, 0.6) is 0 Å². The van der Waals surface area contributed by atoms with Crippen LogP contribution in [0.25, 0.3) is 0 Å². The third-order valence-corrected chi connectivity index (χ3v) is 2.59. The van der Waals surface area contributed by atoms with E-state index in [1.54, 1.807) is 11.9 Å². The van der Waals surface area contributed by atoms with E-state index in [-0.39, 0.29) is 18.8 Å². The number of rotatable bonds is 7. The standard InChI is InChI=1S/C10H20N2O4/c1-8(12(2)3-4-16-14)15-7-9-5-10(13)6-11-9/h9-11,13-14H,1,3-7H2,2H3. The van der Waals surface area contributed by atoms with Gasteiger partial charge in [0.15, 0.2) is 5.88 Å². The molecule has 1 aliphatic rings. The Morgan fingerprint density at radius 1 is 1.62 bits per heavy atom. The maximum atomic E-state index is 9.29. The zero-order chi connectivity index (χ0) is 12.0. The van der Waals surface area contributed by atoms with Gasteiger partial charge in [0.2, 0.25) is 0 Å². The molecule has 0 aromatic heterocycles. The molecule has 6 nitrogen and oxygen atoms in total. The van der Waals surface area contributed by atoms with Gasteiger partial charge in [-0.15, -0.1) is 0 Å². The largest absolute Gasteiger partial charge is 0.478 e. The Labute approximate surface area is 95.4 Å². The first kappa shape index (κ1) is 13.2. The first-order chi connectivity index (χ1) is 7.63. The van der Waals surface area contributed by atoms with E-state index in [1.807, 2.05) is 0 Å². The molecule has 94 valence electrons. The fraction of sp³-hybridized carbons (Fsp3) is 0.800. The van der Waals surface area contributed by atoms with Gasteiger partial charge in [0, 0.05) is 26.2 Å². The van der Waals surface area contributed by atoms with Crippen LogP contribution in [-0.2, 0) is 9.62 Å². The monoisotopic (exact) mass is 232 g/mol. The highest BCUT2D eigenvalue weighted by Crippen LogP contribution is 2.09. The van der Waals surface area contributed by atoms with Gasteiger partial charge in [-0.25, -0.2) is 4.89 Å². The molecule has 0 aliphatic carbocycles. The number of hydrogen-bond donors (Lipinski definition) is 3. The van der Waals surface area contributed by atoms with Crippen molar-refractivity contribution in [3.05, 3.63) is 12.5 Å². The summed E-state index contributed by atoms with van der Waals surface area (Å²) in [5.74, 6) is 0.528. The minimum absolute atomic E-state index is 0.175. The molecule has 1 fully saturated rings. The van der Waals surface area contributed by atoms with Crippen LogP contribution in [0.15, 0.2) is 12.5 Å². The smallest absolute Gasteiger partial charge is 0.181 e. The highest BCUT2D eigenvalue weighted by atomic mass is 17.1. The van der Waals surface area contributed by atoms with Crippen LogP contribution in [0.3, 0.4) is 0 Å². The number of β-amino-alcohol motifs (C(OH)–C–C–N with tert-alkyl or cyclic N) is 1. The summed E-state index contributed by atoms with van der Waals surface area (Å²) in [5.41, 5.74) is 0. The quantitative estimate of drug-likeness (QED) is 0.316. The van der Waals surface area contributed by atoms with Crippen molar-refractivity contribution in [3.8, 4) is 0 Å². The molecular formula is C10H20N2O4. The summed E-state index contributed by atoms with van der Waals surface area (Å²) in [4.78, 5) is 5.72. The van der Waals surface area contributed by atoms with Gasteiger partial charge in [-0.05, 0) is 13.0 Å². The van der Waals surface area contributed by atoms with Crippen LogP contribution >= 0.6 is 0 Å². The van der Waals surface area contributed by atoms with Gasteiger partial charge >= 0.3 is 0 Å². The zero-order valence-electron chi connectivity index (χ0n) is 9.56. The van der Waals surface area contributed by atoms with Crippen LogP contribution in [0.1, 0.15) is 6.42 Å². The van der Waals surface area contributed by atoms with E-state index < -0.39 is 0 Å². The third-order valence-electron chi connectivity index (χ3n) is 2.59. The number of nitrogens with zero attached hydrogens (tertiary/aromatic N) is 1. The molecule has 0 saturated carbocycles. The van der Waals surface area contributed by atoms with Gasteiger partial charge in [0.05, 0.1) is 12.7 Å². The fourth-order valence-corrected chi connectivity index (χ4v) is 1.53. The van der Waals surface area contributed by atoms with E-state index in [1.165, 1.54) is 0 Å². The molecule has 3 N–H and O–H groups in total. The van der Waals surface area contributed by atoms with E-state index in [0.717, 1.165) is 0 Å². The van der Waals surface area contributed by atoms with Crippen molar-refractivity contribution in [3.63, 3.8) is 0 Å². The molecule has 0 aromatic carbocycles. The van der Waals surface area contributed by atoms with Crippen LogP contribution in [-0.4, -0.2) is 60.8 Å². The minimum Gasteiger partial charge on any atom is -0.478 e. The van der Waals surface area contributed by atoms with Crippen LogP contribution < -0.4 is 5.32 Å². The minimum atomic E-state index is -0.276. The van der Waals surface area contributed by atoms with Crippen molar-refractivity contribution in [2.24, 2.45) is 0 Å². The van der Waals surface area contributed by atoms with Crippen molar-refractivity contribution in [2.45, 2.75) is 18.6 Å². The average Bonchev–Trinajstić information content (AvgIpc) is 2.68. The maximum Gasteiger partial charge on any atom is 0.181 e. The molecule has 0 bridgehead atoms. The fourth-order valence-electron chi connectivity index (χ4n) is 1.53. The van der Waals surface area contributed by atoms with Crippen molar-refractivity contribution in [2.75, 3.05) is 33.4 Å². The first-order valence-electron chi connectivity index (χ1n) is 5.34. The second-order valence-electron chi connectivity index (χ2n) is 3.95. The molecular weight excluding hydrogens is 212 g/mol. The van der Waals surface area contributed by atoms with Gasteiger partial charge in [0.25, 0.3) is 0 Å². The molecule has 1 rings (SSSR count). The summed E-state index contributed by atoms with van der Waals surface area (Å²) in [5, 5.41) is 20.6. The topological polar surface area (TPSA) is 74.2 Å². The molecule has 1 aliphatic heterocycles. The Bertz CT molecular complexity index is 225. The maximum absolute atomic E-state index is 9.29. The lowest BCUT2D eigenvalue weighted by Crippen LogP contribution is -2.30. The zero-order valence-corrected chi connectivity index (χ0v) is 9.56. The molecule has 6 heteroatoms. The molecule has 2 atom stereocenters. The predicted octanol–water partition coefficient (Wildman–Crippen LogP) is -0.382. The van der Waals surface area contributed by atoms with Gasteiger partial charge in [-0.3, -0.25) is 5.26 Å². The third kappa shape index (κ3) is 4.36. The van der Waals surface area contributed by atoms with E-state index in [0.29, 0.717) is 32.0 Å². The molecule has 0 radical (unpaired) electrons. The average molecular weight is 232 g/mol. The lowest BCUT2D eigenvalue weighted by molar-refractivity contribution is -0.243. The number of aliphatic hydroxyl groups is 1. The molecule has 0 aromatic rings. The second-order valence-corrected chi connectivity index (χ2v) is 3.95. The molecule has 1 saturated heterocycles. The number of ether oxygens (including phenoxy) is 1. The number of nitrogens with one attached hydrogen (secondary N) is 1. The molecule has 0 amide bonds. The lowest BCUT2D eigenvalue weighted by atomic mass is 10.2. The van der Waals surface area contributed by atoms with Crippen LogP contribution in [0.4, 0.5) is 0 Å². The van der Waals surface area contributed by atoms with Crippen LogP contribution in [0.2, 0.25) is 0 Å². The Morgan fingerprint density at radius 2 is 2.38 bits per heavy atom. The number of aliphatic hydroxyl groups excluding tert-OH is 1. The van der Waals surface area contributed by atoms with Crippen LogP contribution in [0, 0.1) is 0 Å². The predicted molar refractivity (Wildman–Crippen MR) is 58.7 cm³/mol. The van der Waals surface area contributed by atoms with Gasteiger partial charge in [-0.2, -0.15) is 0 Å². The van der Waals surface area contributed by atoms with Gasteiger partial charge < -0.3 is 20.1 Å². The first-order valence-corrected chi connectivity index (χ1v) is 5.34. The Balaban J connectivity index is 2.14. The molecule has 16 heavy (non-hydrogen) atoms. The molecule has 0 spiro atoms. The normalized spacial score (nSPS) is 24.4. The van der Waals surface area contributed by atoms with E-state index >= 15 is 0 Å². The highest BCUT2D eigenvalue weighted by Gasteiger charge is 2.22. The summed E-state index contributed by atoms with van der Waals surface area (Å²) in [6.45, 7) is 5.59. The lowest BCUT2D eigenvalue weighted by Gasteiger charge is -2.22. The van der Waals surface area contributed by atoms with Crippen molar-refractivity contribution < 1.29 is 20.0 Å². The van der Waals surface area contributed by atoms with E-state index in [4.69, 9.17) is 9.99 Å². The second kappa shape index (κ2) is 6.70. The molecule has 1 heterocycles. The van der Waals surface area contributed by atoms with Crippen molar-refractivity contribution in [1.82, 2.24) is 10.2 Å². The highest BCUT2D eigenvalue weighted by molar-refractivity contribution is 4.85. The summed E-state index contributed by atoms with van der Waals surface area (Å²) >= 11 is 0. The Hall–Kier alpha value is -0.820. The van der Waals surface area contributed by atoms with Gasteiger partial charge in [-0.1, -0.05) is 0 Å². The summed E-state index contributed by atoms with van der Waals surface area (Å²) in [7, 11) is 1.80. The van der Waals surface area contributed by atoms with Crippen molar-refractivity contribution >= 4 is 0 Å². The Kier molecular flexibility index (Phi) is 5.54.